The minimum absolute atomic E-state index is 0.0557. The van der Waals surface area contributed by atoms with Gasteiger partial charge < -0.3 is 19.2 Å². The lowest BCUT2D eigenvalue weighted by Gasteiger charge is -2.13. The fourth-order valence-corrected chi connectivity index (χ4v) is 3.43. The molecule has 0 aliphatic heterocycles. The van der Waals surface area contributed by atoms with Gasteiger partial charge in [-0.1, -0.05) is 0 Å². The van der Waals surface area contributed by atoms with E-state index in [1.807, 2.05) is 6.92 Å². The summed E-state index contributed by atoms with van der Waals surface area (Å²) in [4.78, 5) is 17.7. The summed E-state index contributed by atoms with van der Waals surface area (Å²) < 4.78 is 43.4. The molecule has 0 aliphatic carbocycles. The lowest BCUT2D eigenvalue weighted by molar-refractivity contribution is 0.0952. The Hall–Kier alpha value is -3.94. The second-order valence-corrected chi connectivity index (χ2v) is 7.15. The van der Waals surface area contributed by atoms with Crippen molar-refractivity contribution in [1.82, 2.24) is 10.3 Å². The van der Waals surface area contributed by atoms with Gasteiger partial charge in [0.05, 0.1) is 25.3 Å². The van der Waals surface area contributed by atoms with Gasteiger partial charge in [0, 0.05) is 24.1 Å². The number of furan rings is 1. The monoisotopic (exact) mass is 438 g/mol. The third kappa shape index (κ3) is 4.25. The molecule has 0 aliphatic rings. The number of nitrogens with one attached hydrogen (secondary N) is 1. The molecule has 1 amide bonds. The summed E-state index contributed by atoms with van der Waals surface area (Å²) in [6.07, 6.45) is 0. The van der Waals surface area contributed by atoms with Crippen LogP contribution in [0.2, 0.25) is 0 Å². The third-order valence-electron chi connectivity index (χ3n) is 4.93. The normalized spacial score (nSPS) is 10.9. The Balaban J connectivity index is 1.78. The van der Waals surface area contributed by atoms with E-state index in [4.69, 9.17) is 13.9 Å². The highest BCUT2D eigenvalue weighted by molar-refractivity contribution is 6.07. The fourth-order valence-electron chi connectivity index (χ4n) is 3.43. The van der Waals surface area contributed by atoms with Crippen molar-refractivity contribution in [2.45, 2.75) is 13.5 Å². The first-order valence-corrected chi connectivity index (χ1v) is 9.74. The van der Waals surface area contributed by atoms with Crippen molar-refractivity contribution < 1.29 is 27.5 Å². The van der Waals surface area contributed by atoms with Gasteiger partial charge in [0.15, 0.2) is 17.3 Å². The van der Waals surface area contributed by atoms with Crippen LogP contribution in [0.4, 0.5) is 8.78 Å². The van der Waals surface area contributed by atoms with Crippen LogP contribution >= 0.6 is 0 Å². The fraction of sp³-hybridized carbons (Fsp3) is 0.167. The van der Waals surface area contributed by atoms with Gasteiger partial charge in [-0.2, -0.15) is 0 Å². The number of benzene rings is 2. The van der Waals surface area contributed by atoms with Crippen molar-refractivity contribution in [2.24, 2.45) is 0 Å². The summed E-state index contributed by atoms with van der Waals surface area (Å²) >= 11 is 0. The van der Waals surface area contributed by atoms with E-state index in [1.54, 1.807) is 30.3 Å². The number of aryl methyl sites for hydroxylation is 1. The molecule has 1 N–H and O–H groups in total. The van der Waals surface area contributed by atoms with Gasteiger partial charge >= 0.3 is 0 Å². The van der Waals surface area contributed by atoms with Gasteiger partial charge in [-0.15, -0.1) is 0 Å². The number of rotatable bonds is 6. The molecule has 0 saturated heterocycles. The predicted molar refractivity (Wildman–Crippen MR) is 115 cm³/mol. The number of halogens is 2. The standard InChI is InChI=1S/C24H20F2N2O4/c1-13-4-5-21(32-13)20-9-18(17-10-22(30-2)23(31-3)11-19(17)28-20)24(29)27-12-14-6-15(25)8-16(26)7-14/h4-11H,12H2,1-3H3,(H,27,29). The van der Waals surface area contributed by atoms with Crippen molar-refractivity contribution in [2.75, 3.05) is 14.2 Å². The Labute approximate surface area is 182 Å². The Morgan fingerprint density at radius 1 is 1.00 bits per heavy atom. The molecule has 0 fully saturated rings. The Kier molecular flexibility index (Phi) is 5.77. The van der Waals surface area contributed by atoms with Crippen molar-refractivity contribution in [3.8, 4) is 23.0 Å². The molecule has 4 rings (SSSR count). The van der Waals surface area contributed by atoms with E-state index < -0.39 is 17.5 Å². The number of carbonyl (C=O) groups is 1. The molecule has 2 heterocycles. The Morgan fingerprint density at radius 2 is 1.69 bits per heavy atom. The predicted octanol–water partition coefficient (Wildman–Crippen LogP) is 5.03. The summed E-state index contributed by atoms with van der Waals surface area (Å²) in [5.41, 5.74) is 1.56. The van der Waals surface area contributed by atoms with Gasteiger partial charge in [-0.3, -0.25) is 4.79 Å². The molecule has 164 valence electrons. The minimum atomic E-state index is -0.712. The van der Waals surface area contributed by atoms with E-state index in [0.29, 0.717) is 50.7 Å². The maximum Gasteiger partial charge on any atom is 0.252 e. The number of hydrogen-bond donors (Lipinski definition) is 1. The largest absolute Gasteiger partial charge is 0.493 e. The second kappa shape index (κ2) is 8.66. The molecule has 32 heavy (non-hydrogen) atoms. The zero-order valence-corrected chi connectivity index (χ0v) is 17.7. The molecule has 0 atom stereocenters. The van der Waals surface area contributed by atoms with E-state index in [2.05, 4.69) is 10.3 Å². The molecule has 6 nitrogen and oxygen atoms in total. The number of pyridine rings is 1. The molecular weight excluding hydrogens is 418 g/mol. The van der Waals surface area contributed by atoms with Gasteiger partial charge in [0.1, 0.15) is 23.1 Å². The van der Waals surface area contributed by atoms with Crippen molar-refractivity contribution in [3.63, 3.8) is 0 Å². The summed E-state index contributed by atoms with van der Waals surface area (Å²) in [5.74, 6) is 0.228. The van der Waals surface area contributed by atoms with Gasteiger partial charge in [0.2, 0.25) is 0 Å². The molecule has 0 saturated carbocycles. The van der Waals surface area contributed by atoms with E-state index in [0.717, 1.165) is 6.07 Å². The van der Waals surface area contributed by atoms with Crippen LogP contribution in [0.25, 0.3) is 22.4 Å². The molecular formula is C24H20F2N2O4. The first-order valence-electron chi connectivity index (χ1n) is 9.74. The first-order chi connectivity index (χ1) is 15.4. The smallest absolute Gasteiger partial charge is 0.252 e. The van der Waals surface area contributed by atoms with Crippen molar-refractivity contribution in [3.05, 3.63) is 77.1 Å². The number of ether oxygens (including phenoxy) is 2. The Morgan fingerprint density at radius 3 is 2.31 bits per heavy atom. The van der Waals surface area contributed by atoms with Gasteiger partial charge in [-0.25, -0.2) is 13.8 Å². The van der Waals surface area contributed by atoms with Crippen LogP contribution in [0.1, 0.15) is 21.7 Å². The summed E-state index contributed by atoms with van der Waals surface area (Å²) in [7, 11) is 3.00. The second-order valence-electron chi connectivity index (χ2n) is 7.15. The number of aromatic nitrogens is 1. The van der Waals surface area contributed by atoms with E-state index >= 15 is 0 Å². The summed E-state index contributed by atoms with van der Waals surface area (Å²) in [5, 5.41) is 3.23. The van der Waals surface area contributed by atoms with Crippen LogP contribution in [0, 0.1) is 18.6 Å². The molecule has 0 unspecified atom stereocenters. The highest BCUT2D eigenvalue weighted by Gasteiger charge is 2.18. The molecule has 8 heteroatoms. The highest BCUT2D eigenvalue weighted by atomic mass is 19.1. The number of carbonyl (C=O) groups excluding carboxylic acids is 1. The van der Waals surface area contributed by atoms with Crippen molar-refractivity contribution in [1.29, 1.82) is 0 Å². The van der Waals surface area contributed by atoms with E-state index in [9.17, 15) is 13.6 Å². The van der Waals surface area contributed by atoms with Gasteiger partial charge in [-0.05, 0) is 48.9 Å². The number of amides is 1. The van der Waals surface area contributed by atoms with Crippen LogP contribution < -0.4 is 14.8 Å². The average Bonchev–Trinajstić information content (AvgIpc) is 3.21. The molecule has 0 radical (unpaired) electrons. The van der Waals surface area contributed by atoms with Crippen LogP contribution in [-0.2, 0) is 6.54 Å². The van der Waals surface area contributed by atoms with Crippen LogP contribution in [0.3, 0.4) is 0 Å². The molecule has 0 spiro atoms. The van der Waals surface area contributed by atoms with Crippen LogP contribution in [0.15, 0.2) is 52.9 Å². The molecule has 2 aromatic heterocycles. The number of hydrogen-bond acceptors (Lipinski definition) is 5. The SMILES string of the molecule is COc1cc2nc(-c3ccc(C)o3)cc(C(=O)NCc3cc(F)cc(F)c3)c2cc1OC. The zero-order chi connectivity index (χ0) is 22.8. The summed E-state index contributed by atoms with van der Waals surface area (Å²) in [6, 6.07) is 11.6. The van der Waals surface area contributed by atoms with Crippen LogP contribution in [0.5, 0.6) is 11.5 Å². The molecule has 0 bridgehead atoms. The Bertz CT molecular complexity index is 1300. The molecule has 4 aromatic rings. The van der Waals surface area contributed by atoms with E-state index in [-0.39, 0.29) is 6.54 Å². The third-order valence-corrected chi connectivity index (χ3v) is 4.93. The average molecular weight is 438 g/mol. The van der Waals surface area contributed by atoms with Crippen molar-refractivity contribution >= 4 is 16.8 Å². The van der Waals surface area contributed by atoms with Gasteiger partial charge in [0.25, 0.3) is 5.91 Å². The zero-order valence-electron chi connectivity index (χ0n) is 17.7. The molecule has 2 aromatic carbocycles. The van der Waals surface area contributed by atoms with E-state index in [1.165, 1.54) is 26.4 Å². The minimum Gasteiger partial charge on any atom is -0.493 e. The number of fused-ring (bicyclic) bond motifs is 1. The number of nitrogens with zero attached hydrogens (tertiary/aromatic N) is 1. The topological polar surface area (TPSA) is 73.6 Å². The maximum absolute atomic E-state index is 13.5. The summed E-state index contributed by atoms with van der Waals surface area (Å²) in [6.45, 7) is 1.75. The van der Waals surface area contributed by atoms with Crippen LogP contribution in [-0.4, -0.2) is 25.1 Å². The quantitative estimate of drug-likeness (QED) is 0.457. The maximum atomic E-state index is 13.5. The highest BCUT2D eigenvalue weighted by Crippen LogP contribution is 2.35. The lowest BCUT2D eigenvalue weighted by atomic mass is 10.0. The first kappa shape index (κ1) is 21.3. The lowest BCUT2D eigenvalue weighted by Crippen LogP contribution is -2.23. The number of methoxy groups -OCH3 is 2.